The van der Waals surface area contributed by atoms with Crippen molar-refractivity contribution in [1.29, 1.82) is 0 Å². The first-order valence-corrected chi connectivity index (χ1v) is 9.20. The molecule has 0 spiro atoms. The summed E-state index contributed by atoms with van der Waals surface area (Å²) < 4.78 is 19.1. The van der Waals surface area contributed by atoms with Gasteiger partial charge in [-0.2, -0.15) is 0 Å². The van der Waals surface area contributed by atoms with Crippen LogP contribution in [0.1, 0.15) is 23.7 Å². The predicted molar refractivity (Wildman–Crippen MR) is 106 cm³/mol. The number of rotatable bonds is 2. The Hall–Kier alpha value is -3.42. The number of hydrogen-bond acceptors (Lipinski definition) is 7. The number of nitrogens with zero attached hydrogens (tertiary/aromatic N) is 3. The molecule has 0 saturated carbocycles. The molecule has 3 aromatic rings. The summed E-state index contributed by atoms with van der Waals surface area (Å²) in [5.74, 6) is 3.24. The van der Waals surface area contributed by atoms with E-state index in [-0.39, 0.29) is 6.17 Å². The molecule has 3 heterocycles. The number of imidazole rings is 1. The Bertz CT molecular complexity index is 1100. The Kier molecular flexibility index (Phi) is 3.78. The van der Waals surface area contributed by atoms with Gasteiger partial charge in [0.15, 0.2) is 23.6 Å². The van der Waals surface area contributed by atoms with Crippen LogP contribution in [-0.4, -0.2) is 35.8 Å². The third kappa shape index (κ3) is 2.60. The number of guanidine groups is 1. The van der Waals surface area contributed by atoms with E-state index in [0.29, 0.717) is 30.9 Å². The number of methoxy groups -OCH3 is 1. The Balaban J connectivity index is 1.68. The Labute approximate surface area is 161 Å². The SMILES string of the molecule is COc1ccc([C@@H]2N=C(N)Nc3nc4cc5c(cc4n32)OCCCO5)cc1C. The lowest BCUT2D eigenvalue weighted by Crippen LogP contribution is -2.31. The molecule has 3 N–H and O–H groups in total. The van der Waals surface area contributed by atoms with Crippen molar-refractivity contribution in [3.05, 3.63) is 41.5 Å². The van der Waals surface area contributed by atoms with E-state index in [1.807, 2.05) is 35.8 Å². The van der Waals surface area contributed by atoms with Crippen LogP contribution in [-0.2, 0) is 0 Å². The van der Waals surface area contributed by atoms with Gasteiger partial charge in [-0.3, -0.25) is 9.88 Å². The van der Waals surface area contributed by atoms with Gasteiger partial charge in [0, 0.05) is 18.6 Å². The van der Waals surface area contributed by atoms with Crippen LogP contribution < -0.4 is 25.3 Å². The van der Waals surface area contributed by atoms with Crippen molar-refractivity contribution in [3.8, 4) is 17.2 Å². The maximum atomic E-state index is 6.05. The largest absolute Gasteiger partial charge is 0.496 e. The predicted octanol–water partition coefficient (Wildman–Crippen LogP) is 2.80. The number of fused-ring (bicyclic) bond motifs is 4. The number of aliphatic imine (C=N–C) groups is 1. The minimum Gasteiger partial charge on any atom is -0.496 e. The van der Waals surface area contributed by atoms with Gasteiger partial charge in [0.05, 0.1) is 31.4 Å². The molecular weight excluding hydrogens is 358 g/mol. The zero-order chi connectivity index (χ0) is 19.3. The summed E-state index contributed by atoms with van der Waals surface area (Å²) in [5, 5.41) is 3.06. The highest BCUT2D eigenvalue weighted by Gasteiger charge is 2.27. The fourth-order valence-corrected chi connectivity index (χ4v) is 3.71. The van der Waals surface area contributed by atoms with Gasteiger partial charge in [0.2, 0.25) is 5.95 Å². The molecule has 0 unspecified atom stereocenters. The van der Waals surface area contributed by atoms with Crippen LogP contribution in [0.5, 0.6) is 17.2 Å². The van der Waals surface area contributed by atoms with E-state index in [1.54, 1.807) is 7.11 Å². The van der Waals surface area contributed by atoms with Crippen LogP contribution in [0.4, 0.5) is 5.95 Å². The molecule has 2 aromatic carbocycles. The number of aryl methyl sites for hydroxylation is 1. The molecule has 144 valence electrons. The van der Waals surface area contributed by atoms with Crippen LogP contribution in [0.2, 0.25) is 0 Å². The van der Waals surface area contributed by atoms with Crippen molar-refractivity contribution in [3.63, 3.8) is 0 Å². The molecule has 8 heteroatoms. The Morgan fingerprint density at radius 3 is 2.71 bits per heavy atom. The molecule has 0 fully saturated rings. The average molecular weight is 379 g/mol. The smallest absolute Gasteiger partial charge is 0.212 e. The minimum atomic E-state index is -0.337. The molecule has 0 saturated heterocycles. The van der Waals surface area contributed by atoms with Crippen molar-refractivity contribution >= 4 is 22.9 Å². The van der Waals surface area contributed by atoms with E-state index in [9.17, 15) is 0 Å². The molecule has 2 aliphatic rings. The molecule has 8 nitrogen and oxygen atoms in total. The summed E-state index contributed by atoms with van der Waals surface area (Å²) in [6, 6.07) is 9.88. The van der Waals surface area contributed by atoms with Crippen molar-refractivity contribution in [2.24, 2.45) is 10.7 Å². The quantitative estimate of drug-likeness (QED) is 0.711. The molecule has 2 aliphatic heterocycles. The number of hydrogen-bond donors (Lipinski definition) is 2. The normalized spacial score (nSPS) is 18.1. The van der Waals surface area contributed by atoms with Crippen molar-refractivity contribution in [2.45, 2.75) is 19.5 Å². The van der Waals surface area contributed by atoms with Crippen LogP contribution in [0.15, 0.2) is 35.3 Å². The van der Waals surface area contributed by atoms with Gasteiger partial charge in [-0.1, -0.05) is 6.07 Å². The number of ether oxygens (including phenoxy) is 3. The minimum absolute atomic E-state index is 0.329. The molecule has 5 rings (SSSR count). The molecule has 28 heavy (non-hydrogen) atoms. The van der Waals surface area contributed by atoms with Crippen LogP contribution >= 0.6 is 0 Å². The number of nitrogens with one attached hydrogen (secondary N) is 1. The average Bonchev–Trinajstić information content (AvgIpc) is 2.87. The van der Waals surface area contributed by atoms with Crippen molar-refractivity contribution < 1.29 is 14.2 Å². The Morgan fingerprint density at radius 1 is 1.18 bits per heavy atom. The van der Waals surface area contributed by atoms with Gasteiger partial charge in [-0.05, 0) is 30.2 Å². The lowest BCUT2D eigenvalue weighted by molar-refractivity contribution is 0.297. The number of benzene rings is 2. The van der Waals surface area contributed by atoms with Crippen LogP contribution in [0.3, 0.4) is 0 Å². The first-order chi connectivity index (χ1) is 13.6. The molecule has 0 amide bonds. The second-order valence-corrected chi connectivity index (χ2v) is 6.89. The third-order valence-corrected chi connectivity index (χ3v) is 5.02. The number of nitrogens with two attached hydrogens (primary N) is 1. The van der Waals surface area contributed by atoms with E-state index in [0.717, 1.165) is 40.1 Å². The van der Waals surface area contributed by atoms with Gasteiger partial charge in [-0.25, -0.2) is 9.98 Å². The van der Waals surface area contributed by atoms with E-state index < -0.39 is 0 Å². The summed E-state index contributed by atoms with van der Waals surface area (Å²) in [4.78, 5) is 9.34. The molecule has 0 bridgehead atoms. The monoisotopic (exact) mass is 379 g/mol. The zero-order valence-electron chi connectivity index (χ0n) is 15.7. The van der Waals surface area contributed by atoms with Gasteiger partial charge in [-0.15, -0.1) is 0 Å². The van der Waals surface area contributed by atoms with Crippen molar-refractivity contribution in [2.75, 3.05) is 25.6 Å². The van der Waals surface area contributed by atoms with E-state index in [2.05, 4.69) is 16.4 Å². The fraction of sp³-hybridized carbons (Fsp3) is 0.300. The zero-order valence-corrected chi connectivity index (χ0v) is 15.7. The fourth-order valence-electron chi connectivity index (χ4n) is 3.71. The molecule has 1 atom stereocenters. The van der Waals surface area contributed by atoms with Gasteiger partial charge < -0.3 is 19.9 Å². The highest BCUT2D eigenvalue weighted by Crippen LogP contribution is 2.39. The maximum Gasteiger partial charge on any atom is 0.212 e. The van der Waals surface area contributed by atoms with Crippen molar-refractivity contribution in [1.82, 2.24) is 9.55 Å². The summed E-state index contributed by atoms with van der Waals surface area (Å²) in [6.45, 7) is 3.27. The van der Waals surface area contributed by atoms with Gasteiger partial charge in [0.25, 0.3) is 0 Å². The Morgan fingerprint density at radius 2 is 1.96 bits per heavy atom. The lowest BCUT2D eigenvalue weighted by atomic mass is 10.1. The highest BCUT2D eigenvalue weighted by atomic mass is 16.5. The summed E-state index contributed by atoms with van der Waals surface area (Å²) in [6.07, 6.45) is 0.517. The van der Waals surface area contributed by atoms with Crippen LogP contribution in [0.25, 0.3) is 11.0 Å². The summed E-state index contributed by atoms with van der Waals surface area (Å²) in [5.41, 5.74) is 9.78. The number of anilines is 1. The van der Waals surface area contributed by atoms with Gasteiger partial charge >= 0.3 is 0 Å². The maximum absolute atomic E-state index is 6.05. The van der Waals surface area contributed by atoms with Gasteiger partial charge in [0.1, 0.15) is 5.75 Å². The molecule has 0 radical (unpaired) electrons. The standard InChI is InChI=1S/C20H21N5O3/c1-11-8-12(4-5-15(11)26-2)18-23-19(21)24-20-22-13-9-16-17(10-14(13)25(18)20)28-7-3-6-27-16/h4-5,8-10,18H,3,6-7H2,1-2H3,(H3,21,22,23,24)/t18-/m1/s1. The van der Waals surface area contributed by atoms with E-state index in [1.165, 1.54) is 0 Å². The summed E-state index contributed by atoms with van der Waals surface area (Å²) in [7, 11) is 1.66. The third-order valence-electron chi connectivity index (χ3n) is 5.02. The topological polar surface area (TPSA) is 95.9 Å². The summed E-state index contributed by atoms with van der Waals surface area (Å²) >= 11 is 0. The van der Waals surface area contributed by atoms with E-state index >= 15 is 0 Å². The van der Waals surface area contributed by atoms with E-state index in [4.69, 9.17) is 24.9 Å². The highest BCUT2D eigenvalue weighted by molar-refractivity contribution is 5.95. The lowest BCUT2D eigenvalue weighted by Gasteiger charge is -2.24. The molecule has 1 aromatic heterocycles. The first kappa shape index (κ1) is 16.7. The van der Waals surface area contributed by atoms with Crippen LogP contribution in [0, 0.1) is 6.92 Å². The second-order valence-electron chi connectivity index (χ2n) is 6.89. The molecular formula is C20H21N5O3. The molecule has 0 aliphatic carbocycles. The first-order valence-electron chi connectivity index (χ1n) is 9.20. The second kappa shape index (κ2) is 6.33. The number of aromatic nitrogens is 2.